The fraction of sp³-hybridized carbons (Fsp3) is 0.375. The van der Waals surface area contributed by atoms with Crippen molar-refractivity contribution < 1.29 is 14.3 Å². The smallest absolute Gasteiger partial charge is 0.220 e. The number of carbonyl (C=O) groups is 1. The van der Waals surface area contributed by atoms with E-state index in [1.165, 1.54) is 51.2 Å². The molecule has 33 heavy (non-hydrogen) atoms. The molecule has 0 spiro atoms. The molecule has 4 rings (SSSR count). The minimum absolute atomic E-state index is 0.226. The molecule has 1 aliphatic rings. The summed E-state index contributed by atoms with van der Waals surface area (Å²) in [7, 11) is 6.45. The molecule has 0 atom stereocenters. The number of methoxy groups -OCH3 is 2. The second kappa shape index (κ2) is 13.1. The number of nitrogen functional groups attached to an aromatic ring is 1. The Bertz CT molecular complexity index is 1040. The summed E-state index contributed by atoms with van der Waals surface area (Å²) >= 11 is 12.9. The number of hydrogen-bond donors (Lipinski definition) is 1. The van der Waals surface area contributed by atoms with Crippen LogP contribution >= 0.6 is 23.2 Å². The molecular weight excluding hydrogens is 463 g/mol. The van der Waals surface area contributed by atoms with E-state index in [4.69, 9.17) is 38.4 Å². The molecule has 1 aliphatic carbocycles. The topological polar surface area (TPSA) is 90.6 Å². The predicted octanol–water partition coefficient (Wildman–Crippen LogP) is 5.86. The van der Waals surface area contributed by atoms with Gasteiger partial charge in [0, 0.05) is 37.3 Å². The highest BCUT2D eigenvalue weighted by atomic mass is 35.5. The normalized spacial score (nSPS) is 12.2. The fourth-order valence-electron chi connectivity index (χ4n) is 3.23. The lowest BCUT2D eigenvalue weighted by atomic mass is 10.0. The largest absolute Gasteiger partial charge is 0.495 e. The van der Waals surface area contributed by atoms with Crippen LogP contribution in [0.5, 0.6) is 11.5 Å². The van der Waals surface area contributed by atoms with Crippen molar-refractivity contribution in [2.75, 3.05) is 34.0 Å². The zero-order valence-corrected chi connectivity index (χ0v) is 20.9. The minimum atomic E-state index is 0.226. The van der Waals surface area contributed by atoms with Gasteiger partial charge in [0.1, 0.15) is 11.5 Å². The number of rotatable bonds is 4. The SMILES string of the molecule is C1CCCC1.CN(C)C=O.COc1cc(OC)c(Cl)c(-c2ccc3nc(N)ncc3c2)c1Cl. The third-order valence-electron chi connectivity index (χ3n) is 4.92. The second-order valence-electron chi connectivity index (χ2n) is 7.62. The molecule has 1 amide bonds. The molecule has 178 valence electrons. The van der Waals surface area contributed by atoms with Crippen molar-refractivity contribution in [1.29, 1.82) is 0 Å². The van der Waals surface area contributed by atoms with E-state index in [1.54, 1.807) is 26.4 Å². The van der Waals surface area contributed by atoms with Gasteiger partial charge in [0.2, 0.25) is 12.4 Å². The Morgan fingerprint density at radius 2 is 1.48 bits per heavy atom. The number of carbonyl (C=O) groups excluding carboxylic acids is 1. The maximum atomic E-state index is 9.43. The lowest BCUT2D eigenvalue weighted by Gasteiger charge is -2.15. The number of nitrogens with two attached hydrogens (primary N) is 1. The maximum Gasteiger partial charge on any atom is 0.220 e. The van der Waals surface area contributed by atoms with E-state index in [0.717, 1.165) is 22.9 Å². The van der Waals surface area contributed by atoms with Crippen LogP contribution in [0.25, 0.3) is 22.0 Å². The summed E-state index contributed by atoms with van der Waals surface area (Å²) in [6.07, 6.45) is 9.90. The first kappa shape index (κ1) is 26.5. The number of fused-ring (bicyclic) bond motifs is 1. The third-order valence-corrected chi connectivity index (χ3v) is 5.67. The van der Waals surface area contributed by atoms with Crippen LogP contribution in [0.2, 0.25) is 10.0 Å². The Hall–Kier alpha value is -2.77. The highest BCUT2D eigenvalue weighted by Gasteiger charge is 2.19. The molecule has 0 aliphatic heterocycles. The molecule has 1 saturated carbocycles. The van der Waals surface area contributed by atoms with E-state index >= 15 is 0 Å². The number of halogens is 2. The molecule has 3 aromatic rings. The summed E-state index contributed by atoms with van der Waals surface area (Å²) in [4.78, 5) is 19.1. The number of nitrogens with zero attached hydrogens (tertiary/aromatic N) is 3. The van der Waals surface area contributed by atoms with E-state index in [2.05, 4.69) is 9.97 Å². The van der Waals surface area contributed by atoms with E-state index in [1.807, 2.05) is 18.2 Å². The number of anilines is 1. The van der Waals surface area contributed by atoms with Gasteiger partial charge in [-0.25, -0.2) is 9.97 Å². The average molecular weight is 493 g/mol. The molecule has 7 nitrogen and oxygen atoms in total. The van der Waals surface area contributed by atoms with E-state index in [9.17, 15) is 4.79 Å². The Labute approximate surface area is 204 Å². The number of amides is 1. The van der Waals surface area contributed by atoms with Gasteiger partial charge in [-0.1, -0.05) is 61.4 Å². The van der Waals surface area contributed by atoms with Gasteiger partial charge in [0.05, 0.1) is 29.8 Å². The van der Waals surface area contributed by atoms with Gasteiger partial charge in [0.15, 0.2) is 0 Å². The molecule has 1 heterocycles. The molecule has 0 unspecified atom stereocenters. The van der Waals surface area contributed by atoms with Crippen LogP contribution in [-0.4, -0.2) is 49.6 Å². The van der Waals surface area contributed by atoms with E-state index < -0.39 is 0 Å². The molecule has 9 heteroatoms. The number of hydrogen-bond acceptors (Lipinski definition) is 6. The van der Waals surface area contributed by atoms with Crippen LogP contribution in [0.1, 0.15) is 32.1 Å². The standard InChI is InChI=1S/C16H13Cl2N3O2.C5H10.C3H7NO/c1-22-11-6-12(23-2)15(18)13(14(11)17)8-3-4-10-9(5-8)7-20-16(19)21-10;1-2-4-5-3-1;1-4(2)3-5/h3-7H,1-2H3,(H2,19,20,21);1-5H2;3H,1-2H3. The quantitative estimate of drug-likeness (QED) is 0.458. The highest BCUT2D eigenvalue weighted by molar-refractivity contribution is 6.41. The number of benzene rings is 2. The Balaban J connectivity index is 0.000000320. The zero-order valence-electron chi connectivity index (χ0n) is 19.4. The van der Waals surface area contributed by atoms with Gasteiger partial charge in [-0.3, -0.25) is 4.79 Å². The molecular formula is C24H30Cl2N4O3. The van der Waals surface area contributed by atoms with Crippen molar-refractivity contribution >= 4 is 46.5 Å². The van der Waals surface area contributed by atoms with Gasteiger partial charge in [0.25, 0.3) is 0 Å². The van der Waals surface area contributed by atoms with Crippen LogP contribution in [-0.2, 0) is 4.79 Å². The highest BCUT2D eigenvalue weighted by Crippen LogP contribution is 2.46. The Morgan fingerprint density at radius 1 is 0.970 bits per heavy atom. The van der Waals surface area contributed by atoms with Crippen LogP contribution in [0, 0.1) is 0 Å². The molecule has 2 aromatic carbocycles. The lowest BCUT2D eigenvalue weighted by Crippen LogP contribution is -2.06. The molecule has 0 saturated heterocycles. The second-order valence-corrected chi connectivity index (χ2v) is 8.38. The van der Waals surface area contributed by atoms with Crippen molar-refractivity contribution in [3.63, 3.8) is 0 Å². The van der Waals surface area contributed by atoms with Crippen molar-refractivity contribution in [1.82, 2.24) is 14.9 Å². The molecule has 1 fully saturated rings. The Kier molecular flexibility index (Phi) is 10.5. The van der Waals surface area contributed by atoms with E-state index in [0.29, 0.717) is 27.1 Å². The molecule has 0 radical (unpaired) electrons. The summed E-state index contributed by atoms with van der Waals surface area (Å²) in [5, 5.41) is 1.65. The summed E-state index contributed by atoms with van der Waals surface area (Å²) < 4.78 is 10.6. The van der Waals surface area contributed by atoms with Gasteiger partial charge < -0.3 is 20.1 Å². The first-order valence-electron chi connectivity index (χ1n) is 10.6. The average Bonchev–Trinajstić information content (AvgIpc) is 3.40. The van der Waals surface area contributed by atoms with Gasteiger partial charge in [-0.05, 0) is 17.7 Å². The van der Waals surface area contributed by atoms with Crippen LogP contribution in [0.4, 0.5) is 5.95 Å². The minimum Gasteiger partial charge on any atom is -0.495 e. The summed E-state index contributed by atoms with van der Waals surface area (Å²) in [6, 6.07) is 7.24. The van der Waals surface area contributed by atoms with Gasteiger partial charge in [-0.2, -0.15) is 0 Å². The first-order chi connectivity index (χ1) is 15.8. The van der Waals surface area contributed by atoms with Crippen molar-refractivity contribution in [2.24, 2.45) is 0 Å². The van der Waals surface area contributed by atoms with Gasteiger partial charge >= 0.3 is 0 Å². The molecule has 0 bridgehead atoms. The summed E-state index contributed by atoms with van der Waals surface area (Å²) in [5.41, 5.74) is 7.77. The van der Waals surface area contributed by atoms with E-state index in [-0.39, 0.29) is 5.95 Å². The van der Waals surface area contributed by atoms with Crippen molar-refractivity contribution in [3.8, 4) is 22.6 Å². The maximum absolute atomic E-state index is 9.43. The molecule has 1 aromatic heterocycles. The number of ether oxygens (including phenoxy) is 2. The summed E-state index contributed by atoms with van der Waals surface area (Å²) in [6.45, 7) is 0. The van der Waals surface area contributed by atoms with Gasteiger partial charge in [-0.15, -0.1) is 0 Å². The predicted molar refractivity (Wildman–Crippen MR) is 135 cm³/mol. The third kappa shape index (κ3) is 7.37. The van der Waals surface area contributed by atoms with Crippen LogP contribution in [0.15, 0.2) is 30.5 Å². The van der Waals surface area contributed by atoms with Crippen LogP contribution in [0.3, 0.4) is 0 Å². The van der Waals surface area contributed by atoms with Crippen LogP contribution < -0.4 is 15.2 Å². The van der Waals surface area contributed by atoms with Crippen molar-refractivity contribution in [3.05, 3.63) is 40.5 Å². The molecule has 2 N–H and O–H groups in total. The van der Waals surface area contributed by atoms with Crippen molar-refractivity contribution in [2.45, 2.75) is 32.1 Å². The lowest BCUT2D eigenvalue weighted by molar-refractivity contribution is -0.115. The first-order valence-corrected chi connectivity index (χ1v) is 11.3. The zero-order chi connectivity index (χ0) is 24.4. The summed E-state index contributed by atoms with van der Waals surface area (Å²) in [5.74, 6) is 1.19. The monoisotopic (exact) mass is 492 g/mol. The Morgan fingerprint density at radius 3 is 1.94 bits per heavy atom. The fourth-order valence-corrected chi connectivity index (χ4v) is 3.95. The number of aromatic nitrogens is 2.